The molecule has 0 aromatic heterocycles. The van der Waals surface area contributed by atoms with E-state index >= 15 is 0 Å². The molecule has 2 rings (SSSR count). The molecule has 6 heteroatoms. The summed E-state index contributed by atoms with van der Waals surface area (Å²) in [4.78, 5) is 22.1. The Morgan fingerprint density at radius 2 is 1.62 bits per heavy atom. The van der Waals surface area contributed by atoms with Gasteiger partial charge in [-0.25, -0.2) is 9.59 Å². The van der Waals surface area contributed by atoms with E-state index in [1.54, 1.807) is 0 Å². The van der Waals surface area contributed by atoms with E-state index < -0.39 is 18.2 Å². The van der Waals surface area contributed by atoms with Gasteiger partial charge in [0.1, 0.15) is 6.61 Å². The highest BCUT2D eigenvalue weighted by molar-refractivity contribution is 5.81. The van der Waals surface area contributed by atoms with E-state index in [9.17, 15) is 9.59 Å². The van der Waals surface area contributed by atoms with Crippen molar-refractivity contribution in [2.45, 2.75) is 12.9 Å². The Bertz CT molecular complexity index is 584. The molecule has 0 atom stereocenters. The number of ether oxygens (including phenoxy) is 4. The summed E-state index contributed by atoms with van der Waals surface area (Å²) < 4.78 is 21.3. The van der Waals surface area contributed by atoms with Crippen molar-refractivity contribution < 1.29 is 28.5 Å². The average molecular weight is 332 g/mol. The van der Waals surface area contributed by atoms with Gasteiger partial charge in [-0.2, -0.15) is 0 Å². The zero-order valence-electron chi connectivity index (χ0n) is 13.3. The van der Waals surface area contributed by atoms with Crippen LogP contribution in [0.3, 0.4) is 0 Å². The van der Waals surface area contributed by atoms with Crippen LogP contribution in [-0.4, -0.2) is 31.8 Å². The molecule has 0 saturated carbocycles. The third-order valence-corrected chi connectivity index (χ3v) is 3.39. The van der Waals surface area contributed by atoms with E-state index in [0.29, 0.717) is 13.2 Å². The lowest BCUT2D eigenvalue weighted by Crippen LogP contribution is -2.30. The third kappa shape index (κ3) is 5.33. The van der Waals surface area contributed by atoms with Gasteiger partial charge in [-0.1, -0.05) is 37.4 Å². The van der Waals surface area contributed by atoms with Gasteiger partial charge in [0.25, 0.3) is 0 Å². The van der Waals surface area contributed by atoms with Crippen LogP contribution >= 0.6 is 0 Å². The standard InChI is InChI=1S/C18H20O6/c1-3-16(19)21-9-13-5-7-15(8-6-13)18-23-11-14(12-24-18)10-22-17(20)4-2/h3-8,14,18H,1-2,9-12H2. The van der Waals surface area contributed by atoms with Crippen LogP contribution in [0.15, 0.2) is 49.6 Å². The molecule has 1 aromatic carbocycles. The quantitative estimate of drug-likeness (QED) is 0.564. The highest BCUT2D eigenvalue weighted by Crippen LogP contribution is 2.25. The minimum atomic E-state index is -0.457. The Kier molecular flexibility index (Phi) is 6.72. The van der Waals surface area contributed by atoms with Crippen molar-refractivity contribution in [3.8, 4) is 0 Å². The van der Waals surface area contributed by atoms with E-state index in [-0.39, 0.29) is 19.1 Å². The molecule has 0 radical (unpaired) electrons. The molecule has 0 unspecified atom stereocenters. The van der Waals surface area contributed by atoms with Gasteiger partial charge >= 0.3 is 11.9 Å². The van der Waals surface area contributed by atoms with Gasteiger partial charge in [0.05, 0.1) is 19.8 Å². The molecule has 128 valence electrons. The third-order valence-electron chi connectivity index (χ3n) is 3.39. The van der Waals surface area contributed by atoms with E-state index in [1.165, 1.54) is 0 Å². The summed E-state index contributed by atoms with van der Waals surface area (Å²) in [6.07, 6.45) is 1.79. The number of rotatable bonds is 7. The molecule has 0 bridgehead atoms. The molecule has 0 N–H and O–H groups in total. The lowest BCUT2D eigenvalue weighted by molar-refractivity contribution is -0.211. The topological polar surface area (TPSA) is 71.1 Å². The lowest BCUT2D eigenvalue weighted by atomic mass is 10.1. The van der Waals surface area contributed by atoms with Crippen molar-refractivity contribution in [3.63, 3.8) is 0 Å². The Morgan fingerprint density at radius 3 is 2.21 bits per heavy atom. The molecule has 0 spiro atoms. The first kappa shape index (κ1) is 17.9. The predicted molar refractivity (Wildman–Crippen MR) is 85.7 cm³/mol. The van der Waals surface area contributed by atoms with Crippen LogP contribution in [0.2, 0.25) is 0 Å². The maximum atomic E-state index is 11.0. The number of carbonyl (C=O) groups excluding carboxylic acids is 2. The molecule has 6 nitrogen and oxygen atoms in total. The second-order valence-electron chi connectivity index (χ2n) is 5.25. The first-order valence-electron chi connectivity index (χ1n) is 7.52. The number of hydrogen-bond donors (Lipinski definition) is 0. The van der Waals surface area contributed by atoms with Crippen molar-refractivity contribution in [3.05, 3.63) is 60.7 Å². The van der Waals surface area contributed by atoms with Crippen LogP contribution in [0.25, 0.3) is 0 Å². The van der Waals surface area contributed by atoms with E-state index in [0.717, 1.165) is 23.3 Å². The molecule has 1 aromatic rings. The Labute approximate surface area is 140 Å². The first-order valence-corrected chi connectivity index (χ1v) is 7.52. The van der Waals surface area contributed by atoms with Gasteiger partial charge in [0.15, 0.2) is 6.29 Å². The summed E-state index contributed by atoms with van der Waals surface area (Å²) in [6.45, 7) is 7.99. The molecule has 1 heterocycles. The lowest BCUT2D eigenvalue weighted by Gasteiger charge is -2.29. The maximum absolute atomic E-state index is 11.0. The predicted octanol–water partition coefficient (Wildman–Crippen LogP) is 2.31. The van der Waals surface area contributed by atoms with Crippen LogP contribution in [0.1, 0.15) is 17.4 Å². The van der Waals surface area contributed by atoms with E-state index in [4.69, 9.17) is 18.9 Å². The summed E-state index contributed by atoms with van der Waals surface area (Å²) >= 11 is 0. The van der Waals surface area contributed by atoms with Gasteiger partial charge in [-0.15, -0.1) is 0 Å². The van der Waals surface area contributed by atoms with Crippen LogP contribution in [-0.2, 0) is 35.1 Å². The largest absolute Gasteiger partial charge is 0.462 e. The van der Waals surface area contributed by atoms with E-state index in [1.807, 2.05) is 24.3 Å². The molecule has 1 fully saturated rings. The van der Waals surface area contributed by atoms with Crippen LogP contribution in [0.5, 0.6) is 0 Å². The van der Waals surface area contributed by atoms with Gasteiger partial charge in [0.2, 0.25) is 0 Å². The van der Waals surface area contributed by atoms with Gasteiger partial charge in [-0.05, 0) is 5.56 Å². The fourth-order valence-corrected chi connectivity index (χ4v) is 2.08. The summed E-state index contributed by atoms with van der Waals surface area (Å²) in [5.41, 5.74) is 1.73. The van der Waals surface area contributed by atoms with Crippen molar-refractivity contribution in [2.24, 2.45) is 5.92 Å². The SMILES string of the molecule is C=CC(=O)OCc1ccc(C2OCC(COC(=O)C=C)CO2)cc1. The normalized spacial score (nSPS) is 20.0. The average Bonchev–Trinajstić information content (AvgIpc) is 2.65. The van der Waals surface area contributed by atoms with Crippen molar-refractivity contribution in [2.75, 3.05) is 19.8 Å². The Hall–Kier alpha value is -2.44. The Morgan fingerprint density at radius 1 is 1.04 bits per heavy atom. The summed E-state index contributed by atoms with van der Waals surface area (Å²) in [5, 5.41) is 0. The monoisotopic (exact) mass is 332 g/mol. The summed E-state index contributed by atoms with van der Waals surface area (Å²) in [7, 11) is 0. The fraction of sp³-hybridized carbons (Fsp3) is 0.333. The Balaban J connectivity index is 1.79. The molecule has 0 aliphatic carbocycles. The number of esters is 2. The molecule has 1 aliphatic rings. The van der Waals surface area contributed by atoms with Crippen molar-refractivity contribution >= 4 is 11.9 Å². The molecule has 0 amide bonds. The van der Waals surface area contributed by atoms with Crippen LogP contribution in [0, 0.1) is 5.92 Å². The van der Waals surface area contributed by atoms with Crippen molar-refractivity contribution in [1.29, 1.82) is 0 Å². The highest BCUT2D eigenvalue weighted by atomic mass is 16.7. The van der Waals surface area contributed by atoms with Crippen molar-refractivity contribution in [1.82, 2.24) is 0 Å². The first-order chi connectivity index (χ1) is 11.6. The number of carbonyl (C=O) groups is 2. The smallest absolute Gasteiger partial charge is 0.330 e. The molecule has 1 aliphatic heterocycles. The van der Waals surface area contributed by atoms with Crippen LogP contribution in [0.4, 0.5) is 0 Å². The minimum Gasteiger partial charge on any atom is -0.462 e. The van der Waals surface area contributed by atoms with Gasteiger partial charge < -0.3 is 18.9 Å². The number of benzene rings is 1. The zero-order chi connectivity index (χ0) is 17.4. The highest BCUT2D eigenvalue weighted by Gasteiger charge is 2.24. The molecular weight excluding hydrogens is 312 g/mol. The van der Waals surface area contributed by atoms with E-state index in [2.05, 4.69) is 13.2 Å². The molecule has 24 heavy (non-hydrogen) atoms. The summed E-state index contributed by atoms with van der Waals surface area (Å²) in [5.74, 6) is -0.908. The summed E-state index contributed by atoms with van der Waals surface area (Å²) in [6, 6.07) is 7.41. The maximum Gasteiger partial charge on any atom is 0.330 e. The minimum absolute atomic E-state index is 0.00254. The van der Waals surface area contributed by atoms with Crippen LogP contribution < -0.4 is 0 Å². The second-order valence-corrected chi connectivity index (χ2v) is 5.25. The zero-order valence-corrected chi connectivity index (χ0v) is 13.3. The fourth-order valence-electron chi connectivity index (χ4n) is 2.08. The van der Waals surface area contributed by atoms with Gasteiger partial charge in [-0.3, -0.25) is 0 Å². The molecular formula is C18H20O6. The second kappa shape index (κ2) is 9.00. The number of hydrogen-bond acceptors (Lipinski definition) is 6. The molecule has 1 saturated heterocycles. The van der Waals surface area contributed by atoms with Gasteiger partial charge in [0, 0.05) is 23.6 Å².